The Hall–Kier alpha value is -3.10. The van der Waals surface area contributed by atoms with Crippen molar-refractivity contribution in [1.29, 1.82) is 10.5 Å². The number of H-pyrrole nitrogens is 1. The van der Waals surface area contributed by atoms with Crippen molar-refractivity contribution in [2.75, 3.05) is 5.73 Å². The van der Waals surface area contributed by atoms with Gasteiger partial charge in [0, 0.05) is 6.54 Å². The highest BCUT2D eigenvalue weighted by Crippen LogP contribution is 2.24. The molecule has 4 N–H and O–H groups in total. The number of amides is 1. The van der Waals surface area contributed by atoms with Crippen molar-refractivity contribution in [3.8, 4) is 12.1 Å². The number of pyridine rings is 1. The Labute approximate surface area is 148 Å². The third-order valence-electron chi connectivity index (χ3n) is 3.36. The zero-order valence-corrected chi connectivity index (χ0v) is 14.2. The molecular weight excluding hydrogens is 341 g/mol. The van der Waals surface area contributed by atoms with Crippen molar-refractivity contribution >= 4 is 23.5 Å². The molecule has 1 amide bonds. The van der Waals surface area contributed by atoms with Crippen molar-refractivity contribution in [1.82, 2.24) is 5.32 Å². The molecule has 0 aliphatic heterocycles. The highest BCUT2D eigenvalue weighted by atomic mass is 32.2. The first-order chi connectivity index (χ1) is 11.9. The topological polar surface area (TPSA) is 117 Å². The first kappa shape index (κ1) is 18.2. The average Bonchev–Trinajstić information content (AvgIpc) is 2.61. The Kier molecular flexibility index (Phi) is 5.93. The zero-order chi connectivity index (χ0) is 18.4. The van der Waals surface area contributed by atoms with Crippen LogP contribution in [0.15, 0.2) is 35.4 Å². The summed E-state index contributed by atoms with van der Waals surface area (Å²) in [4.78, 5) is 15.0. The maximum atomic E-state index is 12.9. The van der Waals surface area contributed by atoms with E-state index in [1.807, 2.05) is 12.1 Å². The van der Waals surface area contributed by atoms with Gasteiger partial charge in [0.25, 0.3) is 5.82 Å². The van der Waals surface area contributed by atoms with Gasteiger partial charge in [-0.2, -0.15) is 10.5 Å². The lowest BCUT2D eigenvalue weighted by Crippen LogP contribution is -2.31. The van der Waals surface area contributed by atoms with Crippen molar-refractivity contribution in [2.24, 2.45) is 0 Å². The number of hydrogen-bond donors (Lipinski definition) is 2. The molecule has 2 aromatic rings. The molecule has 126 valence electrons. The van der Waals surface area contributed by atoms with E-state index >= 15 is 0 Å². The van der Waals surface area contributed by atoms with Gasteiger partial charge in [0.15, 0.2) is 5.03 Å². The normalized spacial score (nSPS) is 11.2. The van der Waals surface area contributed by atoms with Crippen LogP contribution in [0.2, 0.25) is 0 Å². The zero-order valence-electron chi connectivity index (χ0n) is 13.3. The molecule has 0 aliphatic carbocycles. The molecule has 1 aromatic carbocycles. The van der Waals surface area contributed by atoms with Crippen LogP contribution in [-0.2, 0) is 11.3 Å². The van der Waals surface area contributed by atoms with E-state index < -0.39 is 5.25 Å². The molecule has 0 unspecified atom stereocenters. The number of rotatable bonds is 5. The molecule has 25 heavy (non-hydrogen) atoms. The maximum Gasteiger partial charge on any atom is 0.289 e. The van der Waals surface area contributed by atoms with Crippen LogP contribution in [0, 0.1) is 28.5 Å². The van der Waals surface area contributed by atoms with Crippen molar-refractivity contribution in [3.63, 3.8) is 0 Å². The molecule has 0 spiro atoms. The number of aromatic amines is 1. The number of nitriles is 2. The quantitative estimate of drug-likeness (QED) is 0.792. The number of anilines is 1. The number of aromatic nitrogens is 1. The summed E-state index contributed by atoms with van der Waals surface area (Å²) in [6.07, 6.45) is 0. The molecular formula is C17H15FN5OS+. The maximum absolute atomic E-state index is 12.9. The molecule has 6 nitrogen and oxygen atoms in total. The molecule has 0 saturated heterocycles. The number of hydrogen-bond acceptors (Lipinski definition) is 5. The minimum absolute atomic E-state index is 0.142. The van der Waals surface area contributed by atoms with Gasteiger partial charge in [0.2, 0.25) is 5.91 Å². The van der Waals surface area contributed by atoms with Gasteiger partial charge in [-0.15, -0.1) is 0 Å². The largest absolute Gasteiger partial charge is 0.351 e. The minimum atomic E-state index is -0.504. The lowest BCUT2D eigenvalue weighted by Gasteiger charge is -2.11. The van der Waals surface area contributed by atoms with Crippen LogP contribution in [0.25, 0.3) is 0 Å². The van der Waals surface area contributed by atoms with Crippen LogP contribution in [0.4, 0.5) is 10.2 Å². The Morgan fingerprint density at radius 2 is 1.96 bits per heavy atom. The molecule has 1 atom stereocenters. The van der Waals surface area contributed by atoms with Crippen molar-refractivity contribution < 1.29 is 14.2 Å². The Bertz CT molecular complexity index is 870. The molecule has 0 saturated carbocycles. The van der Waals surface area contributed by atoms with E-state index in [2.05, 4.69) is 10.3 Å². The smallest absolute Gasteiger partial charge is 0.289 e. The number of halogens is 1. The number of benzene rings is 1. The fourth-order valence-corrected chi connectivity index (χ4v) is 2.92. The molecule has 2 rings (SSSR count). The Balaban J connectivity index is 2.04. The van der Waals surface area contributed by atoms with Crippen molar-refractivity contribution in [3.05, 3.63) is 52.8 Å². The van der Waals surface area contributed by atoms with Gasteiger partial charge in [0.1, 0.15) is 29.1 Å². The van der Waals surface area contributed by atoms with E-state index in [9.17, 15) is 14.4 Å². The number of thioether (sulfide) groups is 1. The molecule has 0 radical (unpaired) electrons. The highest BCUT2D eigenvalue weighted by Gasteiger charge is 2.21. The molecule has 0 aliphatic rings. The van der Waals surface area contributed by atoms with E-state index in [1.54, 1.807) is 19.1 Å². The van der Waals surface area contributed by atoms with E-state index in [1.165, 1.54) is 18.2 Å². The minimum Gasteiger partial charge on any atom is -0.351 e. The summed E-state index contributed by atoms with van der Waals surface area (Å²) in [5.74, 6) is -0.436. The van der Waals surface area contributed by atoms with Crippen LogP contribution in [0.1, 0.15) is 23.6 Å². The van der Waals surface area contributed by atoms with E-state index in [-0.39, 0.29) is 35.2 Å². The third kappa shape index (κ3) is 4.69. The van der Waals surface area contributed by atoms with Crippen LogP contribution < -0.4 is 16.0 Å². The fourth-order valence-electron chi connectivity index (χ4n) is 1.98. The lowest BCUT2D eigenvalue weighted by atomic mass is 10.2. The summed E-state index contributed by atoms with van der Waals surface area (Å²) in [7, 11) is 0. The number of nitrogens with two attached hydrogens (primary N) is 1. The van der Waals surface area contributed by atoms with E-state index in [0.29, 0.717) is 5.03 Å². The summed E-state index contributed by atoms with van der Waals surface area (Å²) in [5.41, 5.74) is 6.92. The number of nitrogens with zero attached hydrogens (tertiary/aromatic N) is 2. The van der Waals surface area contributed by atoms with Crippen LogP contribution in [0.5, 0.6) is 0 Å². The highest BCUT2D eigenvalue weighted by molar-refractivity contribution is 8.00. The van der Waals surface area contributed by atoms with E-state index in [0.717, 1.165) is 17.3 Å². The van der Waals surface area contributed by atoms with Crippen LogP contribution in [-0.4, -0.2) is 11.2 Å². The molecule has 0 fully saturated rings. The van der Waals surface area contributed by atoms with Gasteiger partial charge in [-0.3, -0.25) is 10.5 Å². The standard InChI is InChI=1S/C17H14FN5OS/c1-10(16(24)22-9-11-2-4-14(18)5-3-11)25-17-13(8-20)6-12(7-19)15(21)23-17/h2-6,10H,9H2,1H3,(H2,21,23)(H,22,24)/p+1/t10-/m1/s1. The van der Waals surface area contributed by atoms with Gasteiger partial charge >= 0.3 is 0 Å². The molecule has 1 heterocycles. The molecule has 1 aromatic heterocycles. The predicted molar refractivity (Wildman–Crippen MR) is 90.4 cm³/mol. The first-order valence-electron chi connectivity index (χ1n) is 7.29. The second-order valence-corrected chi connectivity index (χ2v) is 6.52. The monoisotopic (exact) mass is 356 g/mol. The second kappa shape index (κ2) is 8.13. The number of nitrogens with one attached hydrogen (secondary N) is 2. The van der Waals surface area contributed by atoms with Gasteiger partial charge < -0.3 is 5.32 Å². The Morgan fingerprint density at radius 1 is 1.32 bits per heavy atom. The number of nitrogen functional groups attached to an aromatic ring is 1. The van der Waals surface area contributed by atoms with Crippen LogP contribution >= 0.6 is 11.8 Å². The van der Waals surface area contributed by atoms with Crippen LogP contribution in [0.3, 0.4) is 0 Å². The van der Waals surface area contributed by atoms with E-state index in [4.69, 9.17) is 11.0 Å². The van der Waals surface area contributed by atoms with Gasteiger partial charge in [0.05, 0.1) is 5.25 Å². The predicted octanol–water partition coefficient (Wildman–Crippen LogP) is 1.76. The summed E-state index contributed by atoms with van der Waals surface area (Å²) >= 11 is 1.13. The summed E-state index contributed by atoms with van der Waals surface area (Å²) in [6.45, 7) is 1.96. The summed E-state index contributed by atoms with van der Waals surface area (Å²) < 4.78 is 12.9. The lowest BCUT2D eigenvalue weighted by molar-refractivity contribution is -0.410. The SMILES string of the molecule is C[C@@H](Sc1[nH+]c(N)c(C#N)cc1C#N)C(=O)NCc1ccc(F)cc1. The van der Waals surface area contributed by atoms with Crippen molar-refractivity contribution in [2.45, 2.75) is 23.7 Å². The molecule has 8 heteroatoms. The van der Waals surface area contributed by atoms with Gasteiger partial charge in [-0.05, 0) is 30.7 Å². The summed E-state index contributed by atoms with van der Waals surface area (Å²) in [5, 5.41) is 20.8. The third-order valence-corrected chi connectivity index (χ3v) is 4.48. The van der Waals surface area contributed by atoms with Gasteiger partial charge in [-0.1, -0.05) is 23.9 Å². The first-order valence-corrected chi connectivity index (χ1v) is 8.17. The molecule has 0 bridgehead atoms. The second-order valence-electron chi connectivity index (χ2n) is 5.17. The summed E-state index contributed by atoms with van der Waals surface area (Å²) in [6, 6.07) is 11.1. The fraction of sp³-hybridized carbons (Fsp3) is 0.176. The average molecular weight is 356 g/mol. The van der Waals surface area contributed by atoms with Gasteiger partial charge in [-0.25, -0.2) is 9.37 Å². The Morgan fingerprint density at radius 3 is 2.56 bits per heavy atom. The number of carbonyl (C=O) groups excluding carboxylic acids is 1. The number of carbonyl (C=O) groups is 1.